The molecule has 0 aliphatic carbocycles. The molecule has 17 heavy (non-hydrogen) atoms. The van der Waals surface area contributed by atoms with Gasteiger partial charge in [0.1, 0.15) is 0 Å². The second-order valence-corrected chi connectivity index (χ2v) is 3.79. The van der Waals surface area contributed by atoms with Crippen LogP contribution in [0.15, 0.2) is 24.3 Å². The first-order chi connectivity index (χ1) is 8.13. The maximum Gasteiger partial charge on any atom is 0.396 e. The second-order valence-electron chi connectivity index (χ2n) is 3.35. The van der Waals surface area contributed by atoms with Gasteiger partial charge in [-0.2, -0.15) is 0 Å². The van der Waals surface area contributed by atoms with Gasteiger partial charge < -0.3 is 10.1 Å². The molecule has 0 saturated heterocycles. The Bertz CT molecular complexity index is 389. The van der Waals surface area contributed by atoms with Crippen molar-refractivity contribution in [3.05, 3.63) is 34.9 Å². The van der Waals surface area contributed by atoms with E-state index in [2.05, 4.69) is 10.1 Å². The van der Waals surface area contributed by atoms with Crippen LogP contribution in [0.25, 0.3) is 0 Å². The molecule has 0 aromatic heterocycles. The number of benzene rings is 1. The summed E-state index contributed by atoms with van der Waals surface area (Å²) in [6, 6.07) is 7.31. The zero-order valence-corrected chi connectivity index (χ0v) is 10.3. The van der Waals surface area contributed by atoms with E-state index in [1.807, 2.05) is 12.1 Å². The second kappa shape index (κ2) is 6.91. The summed E-state index contributed by atoms with van der Waals surface area (Å²) < 4.78 is 4.55. The Labute approximate surface area is 105 Å². The summed E-state index contributed by atoms with van der Waals surface area (Å²) in [6.45, 7) is 2.24. The summed E-state index contributed by atoms with van der Waals surface area (Å²) in [5, 5.41) is 3.15. The topological polar surface area (TPSA) is 55.4 Å². The summed E-state index contributed by atoms with van der Waals surface area (Å²) >= 11 is 5.74. The fourth-order valence-electron chi connectivity index (χ4n) is 1.24. The Kier molecular flexibility index (Phi) is 5.49. The fraction of sp³-hybridized carbons (Fsp3) is 0.333. The van der Waals surface area contributed by atoms with E-state index in [4.69, 9.17) is 11.6 Å². The van der Waals surface area contributed by atoms with E-state index in [1.54, 1.807) is 19.1 Å². The van der Waals surface area contributed by atoms with Crippen molar-refractivity contribution in [1.82, 2.24) is 5.32 Å². The van der Waals surface area contributed by atoms with E-state index in [1.165, 1.54) is 0 Å². The van der Waals surface area contributed by atoms with Gasteiger partial charge in [0.05, 0.1) is 6.61 Å². The fourth-order valence-corrected chi connectivity index (χ4v) is 1.37. The number of carbonyl (C=O) groups excluding carboxylic acids is 2. The molecule has 0 aliphatic rings. The Balaban J connectivity index is 2.30. The average Bonchev–Trinajstić information content (AvgIpc) is 2.32. The predicted octanol–water partition coefficient (Wildman–Crippen LogP) is 1.56. The number of carbonyl (C=O) groups is 2. The summed E-state index contributed by atoms with van der Waals surface area (Å²) in [6.07, 6.45) is 0.641. The van der Waals surface area contributed by atoms with Crippen LogP contribution < -0.4 is 5.32 Å². The molecule has 92 valence electrons. The minimum absolute atomic E-state index is 0.198. The molecule has 0 saturated carbocycles. The molecular weight excluding hydrogens is 242 g/mol. The molecule has 1 N–H and O–H groups in total. The lowest BCUT2D eigenvalue weighted by atomic mass is 10.1. The number of hydrogen-bond acceptors (Lipinski definition) is 3. The van der Waals surface area contributed by atoms with E-state index < -0.39 is 11.9 Å². The van der Waals surface area contributed by atoms with Gasteiger partial charge in [0, 0.05) is 11.6 Å². The summed E-state index contributed by atoms with van der Waals surface area (Å²) in [7, 11) is 0. The lowest BCUT2D eigenvalue weighted by Crippen LogP contribution is -2.33. The van der Waals surface area contributed by atoms with Crippen molar-refractivity contribution >= 4 is 23.5 Å². The molecule has 0 bridgehead atoms. The first kappa shape index (κ1) is 13.5. The molecule has 0 unspecified atom stereocenters. The number of halogens is 1. The average molecular weight is 256 g/mol. The van der Waals surface area contributed by atoms with E-state index in [0.717, 1.165) is 5.56 Å². The third kappa shape index (κ3) is 4.87. The van der Waals surface area contributed by atoms with Crippen molar-refractivity contribution < 1.29 is 14.3 Å². The molecule has 1 rings (SSSR count). The van der Waals surface area contributed by atoms with Crippen LogP contribution in [0.2, 0.25) is 5.02 Å². The zero-order valence-electron chi connectivity index (χ0n) is 9.53. The van der Waals surface area contributed by atoms with Crippen LogP contribution >= 0.6 is 11.6 Å². The lowest BCUT2D eigenvalue weighted by molar-refractivity contribution is -0.154. The number of rotatable bonds is 4. The van der Waals surface area contributed by atoms with Crippen molar-refractivity contribution in [2.45, 2.75) is 13.3 Å². The summed E-state index contributed by atoms with van der Waals surface area (Å²) in [5.74, 6) is -1.55. The standard InChI is InChI=1S/C12H14ClNO3/c1-2-17-12(16)11(15)14-8-7-9-3-5-10(13)6-4-9/h3-6H,2,7-8H2,1H3,(H,14,15). The zero-order chi connectivity index (χ0) is 12.7. The quantitative estimate of drug-likeness (QED) is 0.656. The molecule has 0 radical (unpaired) electrons. The van der Waals surface area contributed by atoms with Crippen molar-refractivity contribution in [1.29, 1.82) is 0 Å². The molecule has 1 amide bonds. The van der Waals surface area contributed by atoms with Gasteiger partial charge in [-0.3, -0.25) is 4.79 Å². The Morgan fingerprint density at radius 1 is 1.29 bits per heavy atom. The molecular formula is C12H14ClNO3. The maximum absolute atomic E-state index is 11.2. The predicted molar refractivity (Wildman–Crippen MR) is 64.8 cm³/mol. The number of nitrogens with one attached hydrogen (secondary N) is 1. The van der Waals surface area contributed by atoms with Crippen LogP contribution in [0.1, 0.15) is 12.5 Å². The first-order valence-electron chi connectivity index (χ1n) is 5.33. The molecule has 5 heteroatoms. The van der Waals surface area contributed by atoms with E-state index in [-0.39, 0.29) is 6.61 Å². The van der Waals surface area contributed by atoms with Crippen LogP contribution in [0.5, 0.6) is 0 Å². The monoisotopic (exact) mass is 255 g/mol. The van der Waals surface area contributed by atoms with Crippen molar-refractivity contribution in [3.63, 3.8) is 0 Å². The van der Waals surface area contributed by atoms with Crippen LogP contribution in [0, 0.1) is 0 Å². The highest BCUT2D eigenvalue weighted by molar-refractivity contribution is 6.32. The molecule has 0 fully saturated rings. The first-order valence-corrected chi connectivity index (χ1v) is 5.70. The number of esters is 1. The molecule has 0 spiro atoms. The van der Waals surface area contributed by atoms with Crippen molar-refractivity contribution in [2.75, 3.05) is 13.2 Å². The summed E-state index contributed by atoms with van der Waals surface area (Å²) in [4.78, 5) is 22.1. The van der Waals surface area contributed by atoms with Gasteiger partial charge in [-0.05, 0) is 31.0 Å². The molecule has 0 atom stereocenters. The van der Waals surface area contributed by atoms with Crippen LogP contribution in [-0.4, -0.2) is 25.0 Å². The molecule has 0 heterocycles. The van der Waals surface area contributed by atoms with E-state index in [0.29, 0.717) is 18.0 Å². The number of amides is 1. The number of ether oxygens (including phenoxy) is 1. The largest absolute Gasteiger partial charge is 0.459 e. The van der Waals surface area contributed by atoms with Crippen LogP contribution in [0.4, 0.5) is 0 Å². The van der Waals surface area contributed by atoms with Crippen LogP contribution in [0.3, 0.4) is 0 Å². The highest BCUT2D eigenvalue weighted by Crippen LogP contribution is 2.09. The normalized spacial score (nSPS) is 9.76. The van der Waals surface area contributed by atoms with Gasteiger partial charge in [-0.25, -0.2) is 4.79 Å². The van der Waals surface area contributed by atoms with Crippen molar-refractivity contribution in [2.24, 2.45) is 0 Å². The smallest absolute Gasteiger partial charge is 0.396 e. The lowest BCUT2D eigenvalue weighted by Gasteiger charge is -2.04. The molecule has 0 aliphatic heterocycles. The van der Waals surface area contributed by atoms with Gasteiger partial charge >= 0.3 is 11.9 Å². The minimum atomic E-state index is -0.844. The van der Waals surface area contributed by atoms with E-state index >= 15 is 0 Å². The van der Waals surface area contributed by atoms with Crippen LogP contribution in [-0.2, 0) is 20.7 Å². The molecule has 1 aromatic rings. The third-order valence-corrected chi connectivity index (χ3v) is 2.33. The SMILES string of the molecule is CCOC(=O)C(=O)NCCc1ccc(Cl)cc1. The minimum Gasteiger partial charge on any atom is -0.459 e. The van der Waals surface area contributed by atoms with E-state index in [9.17, 15) is 9.59 Å². The maximum atomic E-state index is 11.2. The van der Waals surface area contributed by atoms with Gasteiger partial charge in [0.2, 0.25) is 0 Å². The Morgan fingerprint density at radius 3 is 2.53 bits per heavy atom. The summed E-state index contributed by atoms with van der Waals surface area (Å²) in [5.41, 5.74) is 1.04. The Hall–Kier alpha value is -1.55. The highest BCUT2D eigenvalue weighted by atomic mass is 35.5. The molecule has 4 nitrogen and oxygen atoms in total. The van der Waals surface area contributed by atoms with Gasteiger partial charge in [-0.1, -0.05) is 23.7 Å². The number of hydrogen-bond donors (Lipinski definition) is 1. The highest BCUT2D eigenvalue weighted by Gasteiger charge is 2.13. The van der Waals surface area contributed by atoms with Gasteiger partial charge in [0.25, 0.3) is 0 Å². The third-order valence-electron chi connectivity index (χ3n) is 2.07. The van der Waals surface area contributed by atoms with Gasteiger partial charge in [0.15, 0.2) is 0 Å². The van der Waals surface area contributed by atoms with Gasteiger partial charge in [-0.15, -0.1) is 0 Å². The van der Waals surface area contributed by atoms with Crippen molar-refractivity contribution in [3.8, 4) is 0 Å². The molecule has 1 aromatic carbocycles. The Morgan fingerprint density at radius 2 is 1.94 bits per heavy atom.